The van der Waals surface area contributed by atoms with E-state index in [1.54, 1.807) is 29.2 Å². The fourth-order valence-electron chi connectivity index (χ4n) is 3.73. The second-order valence-corrected chi connectivity index (χ2v) is 7.89. The molecule has 33 heavy (non-hydrogen) atoms. The van der Waals surface area contributed by atoms with Crippen LogP contribution < -0.4 is 9.64 Å². The van der Waals surface area contributed by atoms with Gasteiger partial charge in [-0.2, -0.15) is 0 Å². The average Bonchev–Trinajstić information content (AvgIpc) is 2.83. The lowest BCUT2D eigenvalue weighted by molar-refractivity contribution is -0.134. The molecule has 4 rings (SSSR count). The minimum atomic E-state index is -0.333. The van der Waals surface area contributed by atoms with Crippen LogP contribution in [-0.4, -0.2) is 17.0 Å². The van der Waals surface area contributed by atoms with Crippen LogP contribution in [0.5, 0.6) is 5.75 Å². The van der Waals surface area contributed by atoms with Gasteiger partial charge in [-0.1, -0.05) is 54.3 Å². The van der Waals surface area contributed by atoms with Crippen LogP contribution in [0.3, 0.4) is 0 Å². The molecule has 1 heterocycles. The van der Waals surface area contributed by atoms with Crippen molar-refractivity contribution in [2.75, 3.05) is 4.90 Å². The highest BCUT2D eigenvalue weighted by atomic mass is 16.5. The summed E-state index contributed by atoms with van der Waals surface area (Å²) in [5.41, 5.74) is 4.35. The highest BCUT2D eigenvalue weighted by Gasteiger charge is 2.20. The van der Waals surface area contributed by atoms with Gasteiger partial charge in [0.1, 0.15) is 5.75 Å². The van der Waals surface area contributed by atoms with Gasteiger partial charge >= 0.3 is 5.97 Å². The number of anilines is 1. The zero-order chi connectivity index (χ0) is 23.0. The van der Waals surface area contributed by atoms with Gasteiger partial charge in [-0.25, -0.2) is 0 Å². The van der Waals surface area contributed by atoms with Crippen molar-refractivity contribution in [2.45, 2.75) is 38.8 Å². The van der Waals surface area contributed by atoms with Crippen LogP contribution in [0.2, 0.25) is 0 Å². The summed E-state index contributed by atoms with van der Waals surface area (Å²) in [5, 5.41) is 9.08. The van der Waals surface area contributed by atoms with Gasteiger partial charge < -0.3 is 14.7 Å². The van der Waals surface area contributed by atoms with Gasteiger partial charge in [-0.05, 0) is 54.3 Å². The van der Waals surface area contributed by atoms with E-state index in [4.69, 9.17) is 9.84 Å². The first-order valence-electron chi connectivity index (χ1n) is 11.0. The molecule has 0 saturated heterocycles. The van der Waals surface area contributed by atoms with E-state index in [0.717, 1.165) is 27.9 Å². The second-order valence-electron chi connectivity index (χ2n) is 7.89. The third-order valence-electron chi connectivity index (χ3n) is 5.53. The molecule has 0 fully saturated rings. The molecule has 0 spiro atoms. The Morgan fingerprint density at radius 1 is 0.848 bits per heavy atom. The summed E-state index contributed by atoms with van der Waals surface area (Å²) in [6.45, 7) is 0.411. The molecule has 0 aliphatic carbocycles. The van der Waals surface area contributed by atoms with Gasteiger partial charge in [0.05, 0.1) is 18.8 Å². The number of nitrogens with zero attached hydrogens (tertiary/aromatic N) is 1. The molecule has 0 atom stereocenters. The van der Waals surface area contributed by atoms with Crippen LogP contribution in [0.4, 0.5) is 5.69 Å². The first kappa shape index (κ1) is 22.3. The summed E-state index contributed by atoms with van der Waals surface area (Å²) < 4.78 is 5.32. The fraction of sp³-hybridized carbons (Fsp3) is 0.214. The van der Waals surface area contributed by atoms with E-state index in [1.807, 2.05) is 48.5 Å². The number of rotatable bonds is 7. The molecular formula is C28H25NO4. The first-order valence-corrected chi connectivity index (χ1v) is 11.0. The summed E-state index contributed by atoms with van der Waals surface area (Å²) in [7, 11) is 0. The Morgan fingerprint density at radius 3 is 2.30 bits per heavy atom. The Labute approximate surface area is 193 Å². The predicted molar refractivity (Wildman–Crippen MR) is 127 cm³/mol. The number of esters is 1. The quantitative estimate of drug-likeness (QED) is 0.253. The number of para-hydroxylation sites is 1. The Bertz CT molecular complexity index is 1200. The topological polar surface area (TPSA) is 66.8 Å². The van der Waals surface area contributed by atoms with Gasteiger partial charge in [0, 0.05) is 24.0 Å². The summed E-state index contributed by atoms with van der Waals surface area (Å²) in [6.07, 6.45) is 1.72. The monoisotopic (exact) mass is 439 g/mol. The largest absolute Gasteiger partial charge is 0.427 e. The number of fused-ring (bicyclic) bond motifs is 2. The van der Waals surface area contributed by atoms with Crippen molar-refractivity contribution in [1.82, 2.24) is 0 Å². The van der Waals surface area contributed by atoms with E-state index in [0.29, 0.717) is 31.6 Å². The standard InChI is InChI=1S/C28H25NO4/c30-20-21-13-17-25(18-14-21)33-28(32)12-6-5-11-27(31)29-19-24-9-2-1-7-22(24)15-16-23-8-3-4-10-26(23)29/h1-4,7-10,13-14,17-18,30H,5-6,11-12,19-20H2. The molecule has 0 unspecified atom stereocenters. The molecule has 1 aliphatic rings. The number of hydrogen-bond acceptors (Lipinski definition) is 4. The van der Waals surface area contributed by atoms with Crippen LogP contribution in [0.25, 0.3) is 0 Å². The summed E-state index contributed by atoms with van der Waals surface area (Å²) in [4.78, 5) is 27.1. The molecular weight excluding hydrogens is 414 g/mol. The third-order valence-corrected chi connectivity index (χ3v) is 5.53. The van der Waals surface area contributed by atoms with Crippen molar-refractivity contribution in [3.05, 3.63) is 95.1 Å². The summed E-state index contributed by atoms with van der Waals surface area (Å²) >= 11 is 0. The first-order chi connectivity index (χ1) is 16.1. The molecule has 0 radical (unpaired) electrons. The smallest absolute Gasteiger partial charge is 0.311 e. The molecule has 1 N–H and O–H groups in total. The predicted octanol–water partition coefficient (Wildman–Crippen LogP) is 4.59. The van der Waals surface area contributed by atoms with Crippen molar-refractivity contribution < 1.29 is 19.4 Å². The van der Waals surface area contributed by atoms with Crippen molar-refractivity contribution in [2.24, 2.45) is 0 Å². The van der Waals surface area contributed by atoms with E-state index < -0.39 is 0 Å². The minimum absolute atomic E-state index is 0.00825. The van der Waals surface area contributed by atoms with Gasteiger partial charge in [0.25, 0.3) is 0 Å². The molecule has 0 aromatic heterocycles. The number of carbonyl (C=O) groups excluding carboxylic acids is 2. The SMILES string of the molecule is O=C(CCCCC(=O)N1Cc2ccccc2C#Cc2ccccc21)Oc1ccc(CO)cc1. The van der Waals surface area contributed by atoms with Gasteiger partial charge in [0.2, 0.25) is 5.91 Å². The maximum atomic E-state index is 13.2. The van der Waals surface area contributed by atoms with Crippen LogP contribution in [-0.2, 0) is 22.7 Å². The fourth-order valence-corrected chi connectivity index (χ4v) is 3.73. The number of aliphatic hydroxyl groups is 1. The average molecular weight is 440 g/mol. The Morgan fingerprint density at radius 2 is 1.52 bits per heavy atom. The van der Waals surface area contributed by atoms with E-state index in [-0.39, 0.29) is 24.9 Å². The number of amides is 1. The molecule has 3 aromatic rings. The molecule has 5 nitrogen and oxygen atoms in total. The van der Waals surface area contributed by atoms with E-state index >= 15 is 0 Å². The third kappa shape index (κ3) is 5.68. The van der Waals surface area contributed by atoms with Crippen LogP contribution in [0.15, 0.2) is 72.8 Å². The highest BCUT2D eigenvalue weighted by molar-refractivity contribution is 5.95. The lowest BCUT2D eigenvalue weighted by atomic mass is 10.0. The normalized spacial score (nSPS) is 11.8. The van der Waals surface area contributed by atoms with Crippen molar-refractivity contribution in [1.29, 1.82) is 0 Å². The maximum absolute atomic E-state index is 13.2. The summed E-state index contributed by atoms with van der Waals surface area (Å²) in [5.74, 6) is 6.54. The number of hydrogen-bond donors (Lipinski definition) is 1. The van der Waals surface area contributed by atoms with E-state index in [9.17, 15) is 9.59 Å². The van der Waals surface area contributed by atoms with Crippen molar-refractivity contribution in [3.63, 3.8) is 0 Å². The highest BCUT2D eigenvalue weighted by Crippen LogP contribution is 2.26. The van der Waals surface area contributed by atoms with Gasteiger partial charge in [0.15, 0.2) is 0 Å². The van der Waals surface area contributed by atoms with Crippen molar-refractivity contribution in [3.8, 4) is 17.6 Å². The molecule has 5 heteroatoms. The lowest BCUT2D eigenvalue weighted by Gasteiger charge is -2.26. The number of unbranched alkanes of at least 4 members (excludes halogenated alkanes) is 1. The molecule has 0 saturated carbocycles. The lowest BCUT2D eigenvalue weighted by Crippen LogP contribution is -2.31. The van der Waals surface area contributed by atoms with Gasteiger partial charge in [-0.15, -0.1) is 0 Å². The Kier molecular flexibility index (Phi) is 7.19. The number of carbonyl (C=O) groups is 2. The molecule has 166 valence electrons. The molecule has 1 amide bonds. The summed E-state index contributed by atoms with van der Waals surface area (Å²) in [6, 6.07) is 22.3. The van der Waals surface area contributed by atoms with Crippen LogP contribution in [0.1, 0.15) is 47.9 Å². The van der Waals surface area contributed by atoms with Crippen LogP contribution in [0, 0.1) is 11.8 Å². The maximum Gasteiger partial charge on any atom is 0.311 e. The van der Waals surface area contributed by atoms with E-state index in [1.165, 1.54) is 0 Å². The van der Waals surface area contributed by atoms with Crippen LogP contribution >= 0.6 is 0 Å². The Balaban J connectivity index is 1.35. The Hall–Kier alpha value is -3.88. The number of benzene rings is 3. The van der Waals surface area contributed by atoms with Gasteiger partial charge in [-0.3, -0.25) is 9.59 Å². The zero-order valence-electron chi connectivity index (χ0n) is 18.3. The number of ether oxygens (including phenoxy) is 1. The zero-order valence-corrected chi connectivity index (χ0v) is 18.3. The molecule has 3 aromatic carbocycles. The minimum Gasteiger partial charge on any atom is -0.427 e. The molecule has 0 bridgehead atoms. The second kappa shape index (κ2) is 10.6. The number of aliphatic hydroxyl groups excluding tert-OH is 1. The molecule has 1 aliphatic heterocycles. The van der Waals surface area contributed by atoms with E-state index in [2.05, 4.69) is 11.8 Å². The van der Waals surface area contributed by atoms with Crippen molar-refractivity contribution >= 4 is 17.6 Å².